The molecule has 0 saturated carbocycles. The van der Waals surface area contributed by atoms with E-state index < -0.39 is 0 Å². The van der Waals surface area contributed by atoms with Crippen molar-refractivity contribution in [2.24, 2.45) is 0 Å². The van der Waals surface area contributed by atoms with E-state index in [2.05, 4.69) is 54.5 Å². The molecule has 108 valence electrons. The van der Waals surface area contributed by atoms with E-state index in [1.807, 2.05) is 24.3 Å². The van der Waals surface area contributed by atoms with Crippen molar-refractivity contribution in [3.05, 3.63) is 85.0 Å². The zero-order valence-corrected chi connectivity index (χ0v) is 12.3. The van der Waals surface area contributed by atoms with Crippen LogP contribution in [0.25, 0.3) is 0 Å². The molecule has 2 rings (SSSR count). The summed E-state index contributed by atoms with van der Waals surface area (Å²) >= 11 is 0. The third kappa shape index (κ3) is 4.25. The minimum Gasteiger partial charge on any atom is -0.399 e. The molecule has 0 spiro atoms. The number of anilines is 2. The smallest absolute Gasteiger partial charge is 0.0372 e. The molecule has 0 amide bonds. The predicted octanol–water partition coefficient (Wildman–Crippen LogP) is 4.04. The number of hydrogen-bond acceptors (Lipinski definition) is 2. The van der Waals surface area contributed by atoms with Crippen LogP contribution in [0.1, 0.15) is 11.1 Å². The summed E-state index contributed by atoms with van der Waals surface area (Å²) in [6, 6.07) is 16.7. The first kappa shape index (κ1) is 14.9. The highest BCUT2D eigenvalue weighted by Gasteiger charge is 2.03. The van der Waals surface area contributed by atoms with Crippen molar-refractivity contribution in [2.75, 3.05) is 23.7 Å². The van der Waals surface area contributed by atoms with Gasteiger partial charge in [0.25, 0.3) is 0 Å². The van der Waals surface area contributed by atoms with E-state index in [-0.39, 0.29) is 0 Å². The number of nitrogens with two attached hydrogens (primary N) is 1. The molecule has 0 aliphatic rings. The lowest BCUT2D eigenvalue weighted by Crippen LogP contribution is -2.22. The van der Waals surface area contributed by atoms with E-state index in [1.54, 1.807) is 0 Å². The zero-order chi connectivity index (χ0) is 15.1. The third-order valence-electron chi connectivity index (χ3n) is 3.39. The van der Waals surface area contributed by atoms with Crippen LogP contribution in [0.3, 0.4) is 0 Å². The summed E-state index contributed by atoms with van der Waals surface area (Å²) in [4.78, 5) is 2.23. The molecule has 0 fully saturated rings. The number of rotatable bonds is 7. The molecule has 2 N–H and O–H groups in total. The van der Waals surface area contributed by atoms with Crippen molar-refractivity contribution in [1.29, 1.82) is 0 Å². The van der Waals surface area contributed by atoms with Crippen LogP contribution in [0.5, 0.6) is 0 Å². The first-order chi connectivity index (χ1) is 10.2. The normalized spacial score (nSPS) is 10.1. The minimum atomic E-state index is 0.804. The van der Waals surface area contributed by atoms with Gasteiger partial charge in [0, 0.05) is 24.5 Å². The highest BCUT2D eigenvalue weighted by molar-refractivity contribution is 5.49. The summed E-state index contributed by atoms with van der Waals surface area (Å²) in [6.45, 7) is 9.25. The molecule has 0 aliphatic heterocycles. The quantitative estimate of drug-likeness (QED) is 0.612. The second-order valence-electron chi connectivity index (χ2n) is 5.07. The lowest BCUT2D eigenvalue weighted by Gasteiger charge is -2.21. The van der Waals surface area contributed by atoms with E-state index in [0.29, 0.717) is 0 Å². The fourth-order valence-electron chi connectivity index (χ4n) is 2.29. The molecular formula is C19H22N2. The maximum atomic E-state index is 5.71. The Morgan fingerprint density at radius 1 is 0.810 bits per heavy atom. The van der Waals surface area contributed by atoms with Crippen molar-refractivity contribution in [1.82, 2.24) is 0 Å². The first-order valence-electron chi connectivity index (χ1n) is 7.13. The van der Waals surface area contributed by atoms with Gasteiger partial charge in [-0.3, -0.25) is 0 Å². The average molecular weight is 278 g/mol. The molecular weight excluding hydrogens is 256 g/mol. The van der Waals surface area contributed by atoms with Crippen LogP contribution in [0.4, 0.5) is 11.4 Å². The molecule has 0 unspecified atom stereocenters. The molecule has 2 aromatic rings. The summed E-state index contributed by atoms with van der Waals surface area (Å²) < 4.78 is 0. The summed E-state index contributed by atoms with van der Waals surface area (Å²) in [5, 5.41) is 0. The standard InChI is InChI=1S/C19H22N2/c1-3-13-21(14-4-2)19-11-7-17(8-12-19)15-16-5-9-18(20)10-6-16/h3-12H,1-2,13-15,20H2. The Balaban J connectivity index is 2.08. The Kier molecular flexibility index (Phi) is 5.22. The van der Waals surface area contributed by atoms with Gasteiger partial charge in [-0.15, -0.1) is 13.2 Å². The Labute approximate surface area is 127 Å². The zero-order valence-electron chi connectivity index (χ0n) is 12.3. The minimum absolute atomic E-state index is 0.804. The van der Waals surface area contributed by atoms with Crippen molar-refractivity contribution < 1.29 is 0 Å². The Bertz CT molecular complexity index is 572. The van der Waals surface area contributed by atoms with Gasteiger partial charge in [-0.1, -0.05) is 36.4 Å². The average Bonchev–Trinajstić information content (AvgIpc) is 2.50. The van der Waals surface area contributed by atoms with Crippen LogP contribution in [0.15, 0.2) is 73.8 Å². The molecule has 0 aliphatic carbocycles. The predicted molar refractivity (Wildman–Crippen MR) is 92.7 cm³/mol. The van der Waals surface area contributed by atoms with Gasteiger partial charge in [0.15, 0.2) is 0 Å². The second-order valence-corrected chi connectivity index (χ2v) is 5.07. The number of nitrogen functional groups attached to an aromatic ring is 1. The molecule has 0 bridgehead atoms. The number of benzene rings is 2. The van der Waals surface area contributed by atoms with Gasteiger partial charge in [-0.25, -0.2) is 0 Å². The Hall–Kier alpha value is -2.48. The van der Waals surface area contributed by atoms with Crippen LogP contribution >= 0.6 is 0 Å². The van der Waals surface area contributed by atoms with Gasteiger partial charge in [0.2, 0.25) is 0 Å². The largest absolute Gasteiger partial charge is 0.399 e. The Morgan fingerprint density at radius 2 is 1.29 bits per heavy atom. The van der Waals surface area contributed by atoms with Crippen LogP contribution in [0, 0.1) is 0 Å². The number of hydrogen-bond donors (Lipinski definition) is 1. The van der Waals surface area contributed by atoms with Crippen LogP contribution in [0.2, 0.25) is 0 Å². The van der Waals surface area contributed by atoms with Gasteiger partial charge in [-0.05, 0) is 41.8 Å². The van der Waals surface area contributed by atoms with Gasteiger partial charge in [-0.2, -0.15) is 0 Å². The van der Waals surface area contributed by atoms with Crippen LogP contribution < -0.4 is 10.6 Å². The Morgan fingerprint density at radius 3 is 1.76 bits per heavy atom. The SMILES string of the molecule is C=CCN(CC=C)c1ccc(Cc2ccc(N)cc2)cc1. The van der Waals surface area contributed by atoms with Gasteiger partial charge >= 0.3 is 0 Å². The second kappa shape index (κ2) is 7.34. The molecule has 2 heteroatoms. The molecule has 21 heavy (non-hydrogen) atoms. The van der Waals surface area contributed by atoms with E-state index in [4.69, 9.17) is 5.73 Å². The van der Waals surface area contributed by atoms with Crippen molar-refractivity contribution in [2.45, 2.75) is 6.42 Å². The van der Waals surface area contributed by atoms with Gasteiger partial charge < -0.3 is 10.6 Å². The molecule has 0 heterocycles. The fraction of sp³-hybridized carbons (Fsp3) is 0.158. The molecule has 0 aromatic heterocycles. The summed E-state index contributed by atoms with van der Waals surface area (Å²) in [7, 11) is 0. The summed E-state index contributed by atoms with van der Waals surface area (Å²) in [5.41, 5.74) is 10.3. The maximum absolute atomic E-state index is 5.71. The monoisotopic (exact) mass is 278 g/mol. The van der Waals surface area contributed by atoms with E-state index in [0.717, 1.165) is 25.2 Å². The van der Waals surface area contributed by atoms with E-state index >= 15 is 0 Å². The maximum Gasteiger partial charge on any atom is 0.0372 e. The topological polar surface area (TPSA) is 29.3 Å². The van der Waals surface area contributed by atoms with E-state index in [9.17, 15) is 0 Å². The van der Waals surface area contributed by atoms with Crippen LogP contribution in [-0.4, -0.2) is 13.1 Å². The summed E-state index contributed by atoms with van der Waals surface area (Å²) in [6.07, 6.45) is 4.74. The third-order valence-corrected chi connectivity index (χ3v) is 3.39. The molecule has 2 aromatic carbocycles. The molecule has 0 saturated heterocycles. The highest BCUT2D eigenvalue weighted by atomic mass is 15.1. The first-order valence-corrected chi connectivity index (χ1v) is 7.13. The van der Waals surface area contributed by atoms with E-state index in [1.165, 1.54) is 16.8 Å². The summed E-state index contributed by atoms with van der Waals surface area (Å²) in [5.74, 6) is 0. The van der Waals surface area contributed by atoms with Crippen LogP contribution in [-0.2, 0) is 6.42 Å². The molecule has 0 atom stereocenters. The van der Waals surface area contributed by atoms with Crippen molar-refractivity contribution in [3.63, 3.8) is 0 Å². The van der Waals surface area contributed by atoms with Crippen molar-refractivity contribution >= 4 is 11.4 Å². The van der Waals surface area contributed by atoms with Gasteiger partial charge in [0.1, 0.15) is 0 Å². The molecule has 0 radical (unpaired) electrons. The van der Waals surface area contributed by atoms with Gasteiger partial charge in [0.05, 0.1) is 0 Å². The fourth-order valence-corrected chi connectivity index (χ4v) is 2.29. The van der Waals surface area contributed by atoms with Crippen molar-refractivity contribution in [3.8, 4) is 0 Å². The lowest BCUT2D eigenvalue weighted by atomic mass is 10.0. The highest BCUT2D eigenvalue weighted by Crippen LogP contribution is 2.18. The molecule has 2 nitrogen and oxygen atoms in total. The lowest BCUT2D eigenvalue weighted by molar-refractivity contribution is 0.955. The number of nitrogens with zero attached hydrogens (tertiary/aromatic N) is 1.